The second-order valence-corrected chi connectivity index (χ2v) is 4.92. The van der Waals surface area contributed by atoms with Gasteiger partial charge in [-0.2, -0.15) is 0 Å². The van der Waals surface area contributed by atoms with Crippen molar-refractivity contribution in [2.45, 2.75) is 26.2 Å². The zero-order valence-corrected chi connectivity index (χ0v) is 11.8. The number of anilines is 1. The number of fused-ring (bicyclic) bond motifs is 1. The molecule has 2 rings (SSSR count). The molecule has 1 aromatic carbocycles. The number of para-hydroxylation sites is 1. The molecule has 3 nitrogen and oxygen atoms in total. The number of pyridine rings is 1. The maximum atomic E-state index is 12.1. The molecule has 1 atom stereocenters. The molecule has 0 spiro atoms. The Hall–Kier alpha value is -2.16. The molecule has 0 saturated heterocycles. The van der Waals surface area contributed by atoms with Crippen LogP contribution in [0.15, 0.2) is 49.2 Å². The fourth-order valence-corrected chi connectivity index (χ4v) is 2.32. The lowest BCUT2D eigenvalue weighted by Crippen LogP contribution is -2.15. The number of aromatic nitrogens is 1. The van der Waals surface area contributed by atoms with E-state index in [2.05, 4.69) is 23.8 Å². The first-order valence-corrected chi connectivity index (χ1v) is 7.00. The number of amides is 1. The van der Waals surface area contributed by atoms with E-state index in [9.17, 15) is 4.79 Å². The van der Waals surface area contributed by atoms with Crippen LogP contribution >= 0.6 is 0 Å². The van der Waals surface area contributed by atoms with Crippen LogP contribution in [0, 0.1) is 5.92 Å². The van der Waals surface area contributed by atoms with E-state index >= 15 is 0 Å². The van der Waals surface area contributed by atoms with Crippen LogP contribution in [-0.2, 0) is 4.79 Å². The molecule has 0 radical (unpaired) electrons. The third kappa shape index (κ3) is 3.44. The molecule has 1 aromatic heterocycles. The Labute approximate surface area is 119 Å². The lowest BCUT2D eigenvalue weighted by atomic mass is 9.99. The summed E-state index contributed by atoms with van der Waals surface area (Å²) < 4.78 is 0. The zero-order chi connectivity index (χ0) is 14.4. The molecule has 2 aromatic rings. The molecule has 3 heteroatoms. The highest BCUT2D eigenvalue weighted by molar-refractivity contribution is 6.00. The summed E-state index contributed by atoms with van der Waals surface area (Å²) in [5.74, 6) is 0.254. The number of nitrogens with zero attached hydrogens (tertiary/aromatic N) is 1. The van der Waals surface area contributed by atoms with Gasteiger partial charge in [-0.05, 0) is 24.5 Å². The number of nitrogens with one attached hydrogen (secondary N) is 1. The van der Waals surface area contributed by atoms with Gasteiger partial charge >= 0.3 is 0 Å². The highest BCUT2D eigenvalue weighted by Crippen LogP contribution is 2.21. The molecule has 0 bridgehead atoms. The quantitative estimate of drug-likeness (QED) is 0.799. The Balaban J connectivity index is 2.12. The molecule has 104 valence electrons. The molecule has 0 aliphatic rings. The molecular weight excluding hydrogens is 248 g/mol. The fraction of sp³-hybridized carbons (Fsp3) is 0.294. The fourth-order valence-electron chi connectivity index (χ4n) is 2.32. The Kier molecular flexibility index (Phi) is 4.88. The lowest BCUT2D eigenvalue weighted by molar-refractivity contribution is -0.116. The molecule has 1 N–H and O–H groups in total. The minimum absolute atomic E-state index is 0.0153. The van der Waals surface area contributed by atoms with Gasteiger partial charge in [0.2, 0.25) is 5.91 Å². The van der Waals surface area contributed by atoms with E-state index in [0.29, 0.717) is 6.42 Å². The predicted octanol–water partition coefficient (Wildman–Crippen LogP) is 4.17. The summed E-state index contributed by atoms with van der Waals surface area (Å²) >= 11 is 0. The van der Waals surface area contributed by atoms with Crippen molar-refractivity contribution in [2.75, 3.05) is 5.32 Å². The van der Waals surface area contributed by atoms with Crippen LogP contribution in [0.25, 0.3) is 10.9 Å². The number of rotatable bonds is 6. The van der Waals surface area contributed by atoms with Gasteiger partial charge in [0.1, 0.15) is 0 Å². The van der Waals surface area contributed by atoms with Gasteiger partial charge in [0.15, 0.2) is 0 Å². The third-order valence-corrected chi connectivity index (χ3v) is 3.35. The number of hydrogen-bond donors (Lipinski definition) is 1. The summed E-state index contributed by atoms with van der Waals surface area (Å²) in [4.78, 5) is 16.4. The molecule has 0 saturated carbocycles. The minimum Gasteiger partial charge on any atom is -0.324 e. The standard InChI is InChI=1S/C17H20N2O/c1-3-7-13(4-2)12-16(20)19-15-10-5-8-14-9-6-11-18-17(14)15/h4-6,8-11,13H,2-3,7,12H2,1H3,(H,19,20). The van der Waals surface area contributed by atoms with Crippen molar-refractivity contribution in [3.8, 4) is 0 Å². The molecule has 1 amide bonds. The van der Waals surface area contributed by atoms with Crippen LogP contribution in [0.2, 0.25) is 0 Å². The van der Waals surface area contributed by atoms with Crippen LogP contribution in [0.3, 0.4) is 0 Å². The van der Waals surface area contributed by atoms with Gasteiger partial charge in [-0.3, -0.25) is 9.78 Å². The summed E-state index contributed by atoms with van der Waals surface area (Å²) in [5, 5.41) is 3.99. The molecule has 0 fully saturated rings. The van der Waals surface area contributed by atoms with E-state index in [4.69, 9.17) is 0 Å². The molecule has 0 aliphatic carbocycles. The van der Waals surface area contributed by atoms with Gasteiger partial charge in [0, 0.05) is 18.0 Å². The van der Waals surface area contributed by atoms with Crippen molar-refractivity contribution in [1.82, 2.24) is 4.98 Å². The van der Waals surface area contributed by atoms with Gasteiger partial charge in [0.25, 0.3) is 0 Å². The average molecular weight is 268 g/mol. The maximum Gasteiger partial charge on any atom is 0.225 e. The van der Waals surface area contributed by atoms with E-state index in [1.54, 1.807) is 6.20 Å². The van der Waals surface area contributed by atoms with Crippen molar-refractivity contribution in [3.63, 3.8) is 0 Å². The van der Waals surface area contributed by atoms with E-state index < -0.39 is 0 Å². The van der Waals surface area contributed by atoms with Crippen LogP contribution < -0.4 is 5.32 Å². The molecule has 1 unspecified atom stereocenters. The van der Waals surface area contributed by atoms with E-state index in [1.807, 2.05) is 36.4 Å². The summed E-state index contributed by atoms with van der Waals surface area (Å²) in [6.07, 6.45) is 6.12. The zero-order valence-electron chi connectivity index (χ0n) is 11.8. The molecule has 20 heavy (non-hydrogen) atoms. The summed E-state index contributed by atoms with van der Waals surface area (Å²) in [7, 11) is 0. The number of benzene rings is 1. The highest BCUT2D eigenvalue weighted by Gasteiger charge is 2.11. The van der Waals surface area contributed by atoms with Crippen LogP contribution in [0.5, 0.6) is 0 Å². The smallest absolute Gasteiger partial charge is 0.225 e. The van der Waals surface area contributed by atoms with E-state index in [1.165, 1.54) is 0 Å². The monoisotopic (exact) mass is 268 g/mol. The first-order chi connectivity index (χ1) is 9.74. The molecule has 1 heterocycles. The number of allylic oxidation sites excluding steroid dienone is 1. The van der Waals surface area contributed by atoms with E-state index in [0.717, 1.165) is 29.4 Å². The van der Waals surface area contributed by atoms with Crippen molar-refractivity contribution >= 4 is 22.5 Å². The van der Waals surface area contributed by atoms with Crippen molar-refractivity contribution in [2.24, 2.45) is 5.92 Å². The van der Waals surface area contributed by atoms with Gasteiger partial charge < -0.3 is 5.32 Å². The van der Waals surface area contributed by atoms with Crippen LogP contribution in [0.4, 0.5) is 5.69 Å². The van der Waals surface area contributed by atoms with Gasteiger partial charge in [0.05, 0.1) is 11.2 Å². The Morgan fingerprint density at radius 3 is 2.95 bits per heavy atom. The van der Waals surface area contributed by atoms with Crippen LogP contribution in [0.1, 0.15) is 26.2 Å². The number of hydrogen-bond acceptors (Lipinski definition) is 2. The minimum atomic E-state index is 0.0153. The van der Waals surface area contributed by atoms with Crippen LogP contribution in [-0.4, -0.2) is 10.9 Å². The maximum absolute atomic E-state index is 12.1. The topological polar surface area (TPSA) is 42.0 Å². The van der Waals surface area contributed by atoms with Crippen molar-refractivity contribution < 1.29 is 4.79 Å². The van der Waals surface area contributed by atoms with Crippen molar-refractivity contribution in [3.05, 3.63) is 49.2 Å². The third-order valence-electron chi connectivity index (χ3n) is 3.35. The highest BCUT2D eigenvalue weighted by atomic mass is 16.1. The van der Waals surface area contributed by atoms with Gasteiger partial charge in [-0.1, -0.05) is 37.6 Å². The Morgan fingerprint density at radius 2 is 2.20 bits per heavy atom. The van der Waals surface area contributed by atoms with Crippen molar-refractivity contribution in [1.29, 1.82) is 0 Å². The van der Waals surface area contributed by atoms with E-state index in [-0.39, 0.29) is 11.8 Å². The molecule has 0 aliphatic heterocycles. The predicted molar refractivity (Wildman–Crippen MR) is 83.6 cm³/mol. The average Bonchev–Trinajstić information content (AvgIpc) is 2.47. The number of carbonyl (C=O) groups excluding carboxylic acids is 1. The Bertz CT molecular complexity index is 601. The molecular formula is C17H20N2O. The number of carbonyl (C=O) groups is 1. The first kappa shape index (κ1) is 14.3. The Morgan fingerprint density at radius 1 is 1.40 bits per heavy atom. The normalized spacial score (nSPS) is 12.1. The lowest BCUT2D eigenvalue weighted by Gasteiger charge is -2.12. The van der Waals surface area contributed by atoms with Gasteiger partial charge in [-0.25, -0.2) is 0 Å². The van der Waals surface area contributed by atoms with Gasteiger partial charge in [-0.15, -0.1) is 6.58 Å². The first-order valence-electron chi connectivity index (χ1n) is 7.00. The second kappa shape index (κ2) is 6.85. The summed E-state index contributed by atoms with van der Waals surface area (Å²) in [6.45, 7) is 5.91. The SMILES string of the molecule is C=CC(CCC)CC(=O)Nc1cccc2cccnc12. The summed E-state index contributed by atoms with van der Waals surface area (Å²) in [5.41, 5.74) is 1.60. The summed E-state index contributed by atoms with van der Waals surface area (Å²) in [6, 6.07) is 9.68. The second-order valence-electron chi connectivity index (χ2n) is 4.92. The largest absolute Gasteiger partial charge is 0.324 e.